The van der Waals surface area contributed by atoms with E-state index in [2.05, 4.69) is 4.98 Å². The number of hydrogen-bond donors (Lipinski definition) is 1. The van der Waals surface area contributed by atoms with Crippen LogP contribution in [0.3, 0.4) is 0 Å². The maximum atomic E-state index is 10.2. The maximum absolute atomic E-state index is 10.2. The largest absolute Gasteiger partial charge is 0.359 e. The molecule has 1 aromatic rings. The SMILES string of the molecule is CCc1[nH]ccc1[N+](=O)[O-]. The molecule has 0 spiro atoms. The summed E-state index contributed by atoms with van der Waals surface area (Å²) in [5, 5.41) is 10.2. The van der Waals surface area contributed by atoms with E-state index in [1.54, 1.807) is 6.20 Å². The Hall–Kier alpha value is -1.32. The van der Waals surface area contributed by atoms with E-state index >= 15 is 0 Å². The van der Waals surface area contributed by atoms with Crippen molar-refractivity contribution in [2.24, 2.45) is 0 Å². The Balaban J connectivity index is 3.01. The van der Waals surface area contributed by atoms with Crippen molar-refractivity contribution in [2.75, 3.05) is 0 Å². The number of nitrogens with one attached hydrogen (secondary N) is 1. The number of H-pyrrole nitrogens is 1. The average molecular weight is 140 g/mol. The first kappa shape index (κ1) is 6.80. The van der Waals surface area contributed by atoms with Gasteiger partial charge in [0.05, 0.1) is 10.6 Å². The summed E-state index contributed by atoms with van der Waals surface area (Å²) in [5.41, 5.74) is 0.868. The minimum Gasteiger partial charge on any atom is -0.359 e. The second kappa shape index (κ2) is 2.51. The number of aromatic nitrogens is 1. The summed E-state index contributed by atoms with van der Waals surface area (Å²) in [6, 6.07) is 1.47. The van der Waals surface area contributed by atoms with Crippen molar-refractivity contribution in [2.45, 2.75) is 13.3 Å². The van der Waals surface area contributed by atoms with Crippen LogP contribution in [0.5, 0.6) is 0 Å². The number of aromatic amines is 1. The van der Waals surface area contributed by atoms with E-state index in [1.165, 1.54) is 6.07 Å². The van der Waals surface area contributed by atoms with Crippen LogP contribution >= 0.6 is 0 Å². The van der Waals surface area contributed by atoms with Crippen LogP contribution in [0.25, 0.3) is 0 Å². The molecular formula is C6H8N2O2. The minimum absolute atomic E-state index is 0.183. The highest BCUT2D eigenvalue weighted by atomic mass is 16.6. The fraction of sp³-hybridized carbons (Fsp3) is 0.333. The van der Waals surface area contributed by atoms with Crippen LogP contribution in [-0.4, -0.2) is 9.91 Å². The molecule has 54 valence electrons. The molecule has 0 atom stereocenters. The van der Waals surface area contributed by atoms with Crippen molar-refractivity contribution in [3.63, 3.8) is 0 Å². The normalized spacial score (nSPS) is 9.70. The zero-order chi connectivity index (χ0) is 7.56. The van der Waals surface area contributed by atoms with Gasteiger partial charge in [0.25, 0.3) is 5.69 Å². The van der Waals surface area contributed by atoms with Crippen molar-refractivity contribution < 1.29 is 4.92 Å². The van der Waals surface area contributed by atoms with Crippen LogP contribution in [0.1, 0.15) is 12.6 Å². The molecular weight excluding hydrogens is 132 g/mol. The van der Waals surface area contributed by atoms with Crippen molar-refractivity contribution in [3.05, 3.63) is 28.1 Å². The Morgan fingerprint density at radius 2 is 2.50 bits per heavy atom. The molecule has 0 radical (unpaired) electrons. The maximum Gasteiger partial charge on any atom is 0.289 e. The molecule has 0 aromatic carbocycles. The smallest absolute Gasteiger partial charge is 0.289 e. The number of rotatable bonds is 2. The van der Waals surface area contributed by atoms with Gasteiger partial charge in [0, 0.05) is 12.3 Å². The summed E-state index contributed by atoms with van der Waals surface area (Å²) in [5.74, 6) is 0. The lowest BCUT2D eigenvalue weighted by atomic mass is 10.3. The number of nitrogens with zero attached hydrogens (tertiary/aromatic N) is 1. The summed E-state index contributed by atoms with van der Waals surface area (Å²) in [7, 11) is 0. The highest BCUT2D eigenvalue weighted by Gasteiger charge is 2.11. The van der Waals surface area contributed by atoms with Gasteiger partial charge in [-0.25, -0.2) is 0 Å². The third kappa shape index (κ3) is 1.00. The molecule has 1 N–H and O–H groups in total. The minimum atomic E-state index is -0.380. The second-order valence-electron chi connectivity index (χ2n) is 1.95. The van der Waals surface area contributed by atoms with Gasteiger partial charge < -0.3 is 4.98 Å². The monoisotopic (exact) mass is 140 g/mol. The second-order valence-corrected chi connectivity index (χ2v) is 1.95. The Labute approximate surface area is 58.0 Å². The lowest BCUT2D eigenvalue weighted by Crippen LogP contribution is -1.90. The van der Waals surface area contributed by atoms with Gasteiger partial charge in [0.1, 0.15) is 0 Å². The predicted molar refractivity (Wildman–Crippen MR) is 36.8 cm³/mol. The van der Waals surface area contributed by atoms with E-state index < -0.39 is 0 Å². The molecule has 1 rings (SSSR count). The highest BCUT2D eigenvalue weighted by molar-refractivity contribution is 5.34. The fourth-order valence-corrected chi connectivity index (χ4v) is 0.850. The van der Waals surface area contributed by atoms with E-state index in [1.807, 2.05) is 6.92 Å². The number of hydrogen-bond acceptors (Lipinski definition) is 2. The molecule has 0 unspecified atom stereocenters. The van der Waals surface area contributed by atoms with E-state index in [9.17, 15) is 10.1 Å². The molecule has 10 heavy (non-hydrogen) atoms. The van der Waals surface area contributed by atoms with Gasteiger partial charge in [0.15, 0.2) is 0 Å². The Morgan fingerprint density at radius 3 is 2.90 bits per heavy atom. The summed E-state index contributed by atoms with van der Waals surface area (Å²) >= 11 is 0. The highest BCUT2D eigenvalue weighted by Crippen LogP contribution is 2.15. The third-order valence-electron chi connectivity index (χ3n) is 1.36. The molecule has 0 saturated heterocycles. The Morgan fingerprint density at radius 1 is 1.80 bits per heavy atom. The fourth-order valence-electron chi connectivity index (χ4n) is 0.850. The van der Waals surface area contributed by atoms with E-state index in [0.717, 1.165) is 0 Å². The molecule has 0 bridgehead atoms. The van der Waals surface area contributed by atoms with Gasteiger partial charge >= 0.3 is 0 Å². The summed E-state index contributed by atoms with van der Waals surface area (Å²) in [6.07, 6.45) is 2.25. The molecule has 4 heteroatoms. The zero-order valence-corrected chi connectivity index (χ0v) is 5.63. The molecule has 1 heterocycles. The third-order valence-corrected chi connectivity index (χ3v) is 1.36. The quantitative estimate of drug-likeness (QED) is 0.499. The molecule has 4 nitrogen and oxygen atoms in total. The van der Waals surface area contributed by atoms with Gasteiger partial charge in [-0.05, 0) is 6.42 Å². The van der Waals surface area contributed by atoms with Crippen molar-refractivity contribution >= 4 is 5.69 Å². The van der Waals surface area contributed by atoms with Crippen LogP contribution in [0.4, 0.5) is 5.69 Å². The van der Waals surface area contributed by atoms with Gasteiger partial charge in [-0.3, -0.25) is 10.1 Å². The predicted octanol–water partition coefficient (Wildman–Crippen LogP) is 1.49. The van der Waals surface area contributed by atoms with Crippen LogP contribution in [-0.2, 0) is 6.42 Å². The summed E-state index contributed by atoms with van der Waals surface area (Å²) in [6.45, 7) is 1.87. The molecule has 0 aliphatic rings. The molecule has 1 aromatic heterocycles. The van der Waals surface area contributed by atoms with Crippen molar-refractivity contribution in [3.8, 4) is 0 Å². The molecule has 0 fully saturated rings. The van der Waals surface area contributed by atoms with Crippen LogP contribution < -0.4 is 0 Å². The lowest BCUT2D eigenvalue weighted by molar-refractivity contribution is -0.385. The number of nitro groups is 1. The zero-order valence-electron chi connectivity index (χ0n) is 5.63. The van der Waals surface area contributed by atoms with Gasteiger partial charge in [-0.1, -0.05) is 6.92 Å². The Bertz CT molecular complexity index is 242. The van der Waals surface area contributed by atoms with Crippen LogP contribution in [0, 0.1) is 10.1 Å². The topological polar surface area (TPSA) is 58.9 Å². The van der Waals surface area contributed by atoms with Gasteiger partial charge in [-0.15, -0.1) is 0 Å². The van der Waals surface area contributed by atoms with E-state index in [0.29, 0.717) is 12.1 Å². The van der Waals surface area contributed by atoms with E-state index in [-0.39, 0.29) is 10.6 Å². The first-order chi connectivity index (χ1) is 4.75. The number of aryl methyl sites for hydroxylation is 1. The molecule has 0 saturated carbocycles. The van der Waals surface area contributed by atoms with Crippen molar-refractivity contribution in [1.82, 2.24) is 4.98 Å². The standard InChI is InChI=1S/C6H8N2O2/c1-2-5-6(8(9)10)3-4-7-5/h3-4,7H,2H2,1H3. The first-order valence-corrected chi connectivity index (χ1v) is 3.06. The van der Waals surface area contributed by atoms with Crippen LogP contribution in [0.15, 0.2) is 12.3 Å². The average Bonchev–Trinajstić information content (AvgIpc) is 2.33. The molecule has 0 aliphatic heterocycles. The summed E-state index contributed by atoms with van der Waals surface area (Å²) < 4.78 is 0. The lowest BCUT2D eigenvalue weighted by Gasteiger charge is -1.88. The van der Waals surface area contributed by atoms with E-state index in [4.69, 9.17) is 0 Å². The van der Waals surface area contributed by atoms with Crippen molar-refractivity contribution in [1.29, 1.82) is 0 Å². The van der Waals surface area contributed by atoms with Gasteiger partial charge in [-0.2, -0.15) is 0 Å². The first-order valence-electron chi connectivity index (χ1n) is 3.06. The molecule has 0 aliphatic carbocycles. The Kier molecular flexibility index (Phi) is 1.71. The summed E-state index contributed by atoms with van der Waals surface area (Å²) in [4.78, 5) is 12.6. The van der Waals surface area contributed by atoms with Crippen LogP contribution in [0.2, 0.25) is 0 Å². The molecule has 0 amide bonds. The van der Waals surface area contributed by atoms with Gasteiger partial charge in [0.2, 0.25) is 0 Å².